The molecule has 5 nitrogen and oxygen atoms in total. The van der Waals surface area contributed by atoms with Crippen LogP contribution in [-0.4, -0.2) is 25.2 Å². The molecule has 0 aliphatic heterocycles. The summed E-state index contributed by atoms with van der Waals surface area (Å²) in [5.41, 5.74) is 1.14. The third-order valence-corrected chi connectivity index (χ3v) is 4.11. The van der Waals surface area contributed by atoms with E-state index in [1.807, 2.05) is 13.0 Å². The van der Waals surface area contributed by atoms with Gasteiger partial charge in [0.1, 0.15) is 5.03 Å². The van der Waals surface area contributed by atoms with Gasteiger partial charge in [-0.25, -0.2) is 9.67 Å². The van der Waals surface area contributed by atoms with Crippen LogP contribution < -0.4 is 0 Å². The lowest BCUT2D eigenvalue weighted by Gasteiger charge is -2.03. The molecule has 0 spiro atoms. The number of hydrogen-bond donors (Lipinski definition) is 0. The zero-order chi connectivity index (χ0) is 10.8. The fraction of sp³-hybridized carbons (Fsp3) is 0.250. The monoisotopic (exact) mass is 285 g/mol. The predicted octanol–water partition coefficient (Wildman–Crippen LogP) is 1.83. The van der Waals surface area contributed by atoms with Gasteiger partial charge in [0.25, 0.3) is 0 Å². The van der Waals surface area contributed by atoms with Crippen LogP contribution in [-0.2, 0) is 7.05 Å². The van der Waals surface area contributed by atoms with Crippen molar-refractivity contribution >= 4 is 27.7 Å². The lowest BCUT2D eigenvalue weighted by molar-refractivity contribution is 0.664. The molecule has 2 aromatic rings. The van der Waals surface area contributed by atoms with Crippen LogP contribution in [0.1, 0.15) is 5.56 Å². The highest BCUT2D eigenvalue weighted by Crippen LogP contribution is 2.31. The van der Waals surface area contributed by atoms with Gasteiger partial charge in [-0.15, -0.1) is 5.10 Å². The minimum Gasteiger partial charge on any atom is -0.248 e. The Labute approximate surface area is 99.4 Å². The van der Waals surface area contributed by atoms with Crippen LogP contribution in [0.15, 0.2) is 26.9 Å². The van der Waals surface area contributed by atoms with Crippen molar-refractivity contribution in [3.8, 4) is 0 Å². The molecule has 0 radical (unpaired) electrons. The second-order valence-corrected chi connectivity index (χ2v) is 4.68. The van der Waals surface area contributed by atoms with Crippen LogP contribution in [0.25, 0.3) is 0 Å². The second-order valence-electron chi connectivity index (χ2n) is 2.93. The van der Waals surface area contributed by atoms with Crippen LogP contribution in [0.2, 0.25) is 0 Å². The topological polar surface area (TPSA) is 56.5 Å². The fourth-order valence-electron chi connectivity index (χ4n) is 0.981. The van der Waals surface area contributed by atoms with Crippen molar-refractivity contribution in [3.05, 3.63) is 22.3 Å². The van der Waals surface area contributed by atoms with Gasteiger partial charge in [-0.1, -0.05) is 0 Å². The largest absolute Gasteiger partial charge is 0.248 e. The van der Waals surface area contributed by atoms with E-state index in [1.54, 1.807) is 17.9 Å². The quantitative estimate of drug-likeness (QED) is 0.843. The van der Waals surface area contributed by atoms with Gasteiger partial charge in [0.05, 0.1) is 4.47 Å². The standard InChI is InChI=1S/C8H8BrN5S/c1-5-3-4-10-7(6(5)9)15-8-11-12-13-14(8)2/h3-4H,1-2H3. The number of aryl methyl sites for hydroxylation is 2. The number of tetrazole rings is 1. The lowest BCUT2D eigenvalue weighted by atomic mass is 10.3. The molecule has 0 atom stereocenters. The number of rotatable bonds is 2. The van der Waals surface area contributed by atoms with Gasteiger partial charge in [-0.2, -0.15) is 0 Å². The van der Waals surface area contributed by atoms with Crippen LogP contribution in [0.5, 0.6) is 0 Å². The summed E-state index contributed by atoms with van der Waals surface area (Å²) in [7, 11) is 1.80. The number of hydrogen-bond acceptors (Lipinski definition) is 5. The molecule has 0 fully saturated rings. The highest BCUT2D eigenvalue weighted by molar-refractivity contribution is 9.10. The van der Waals surface area contributed by atoms with Gasteiger partial charge >= 0.3 is 0 Å². The Hall–Kier alpha value is -0.950. The van der Waals surface area contributed by atoms with E-state index in [4.69, 9.17) is 0 Å². The van der Waals surface area contributed by atoms with Crippen LogP contribution in [0, 0.1) is 6.92 Å². The zero-order valence-electron chi connectivity index (χ0n) is 8.18. The molecule has 2 heterocycles. The first kappa shape index (κ1) is 10.6. The molecular formula is C8H8BrN5S. The van der Waals surface area contributed by atoms with E-state index < -0.39 is 0 Å². The van der Waals surface area contributed by atoms with Crippen molar-refractivity contribution in [2.75, 3.05) is 0 Å². The number of nitrogens with zero attached hydrogens (tertiary/aromatic N) is 5. The van der Waals surface area contributed by atoms with E-state index >= 15 is 0 Å². The summed E-state index contributed by atoms with van der Waals surface area (Å²) >= 11 is 4.92. The van der Waals surface area contributed by atoms with Crippen LogP contribution in [0.3, 0.4) is 0 Å². The third kappa shape index (κ3) is 2.18. The SMILES string of the molecule is Cc1ccnc(Sc2nnnn2C)c1Br. The number of aromatic nitrogens is 5. The normalized spacial score (nSPS) is 10.6. The molecule has 0 aromatic carbocycles. The van der Waals surface area contributed by atoms with E-state index in [0.717, 1.165) is 15.1 Å². The molecule has 0 aliphatic carbocycles. The molecule has 0 saturated carbocycles. The van der Waals surface area contributed by atoms with Gasteiger partial charge in [0.2, 0.25) is 5.16 Å². The molecular weight excluding hydrogens is 278 g/mol. The highest BCUT2D eigenvalue weighted by atomic mass is 79.9. The van der Waals surface area contributed by atoms with Crippen molar-refractivity contribution in [1.82, 2.24) is 25.2 Å². The van der Waals surface area contributed by atoms with E-state index in [1.165, 1.54) is 11.8 Å². The van der Waals surface area contributed by atoms with Crippen molar-refractivity contribution in [2.24, 2.45) is 7.05 Å². The first-order valence-corrected chi connectivity index (χ1v) is 5.80. The Morgan fingerprint density at radius 1 is 1.47 bits per heavy atom. The minimum absolute atomic E-state index is 0.716. The average molecular weight is 286 g/mol. The predicted molar refractivity (Wildman–Crippen MR) is 59.6 cm³/mol. The average Bonchev–Trinajstić information content (AvgIpc) is 2.60. The summed E-state index contributed by atoms with van der Waals surface area (Å²) in [6.07, 6.45) is 1.77. The van der Waals surface area contributed by atoms with Gasteiger partial charge in [-0.3, -0.25) is 0 Å². The first-order valence-electron chi connectivity index (χ1n) is 4.20. The van der Waals surface area contributed by atoms with Crippen molar-refractivity contribution in [1.29, 1.82) is 0 Å². The molecule has 7 heteroatoms. The molecule has 2 rings (SSSR count). The molecule has 0 N–H and O–H groups in total. The summed E-state index contributed by atoms with van der Waals surface area (Å²) in [4.78, 5) is 4.26. The third-order valence-electron chi connectivity index (χ3n) is 1.82. The molecule has 0 bridgehead atoms. The maximum absolute atomic E-state index is 4.26. The number of pyridine rings is 1. The first-order chi connectivity index (χ1) is 7.18. The Bertz CT molecular complexity index is 484. The molecule has 0 unspecified atom stereocenters. The Balaban J connectivity index is 2.33. The summed E-state index contributed by atoms with van der Waals surface area (Å²) in [5.74, 6) is 0. The molecule has 0 aliphatic rings. The van der Waals surface area contributed by atoms with Gasteiger partial charge in [0, 0.05) is 13.2 Å². The maximum Gasteiger partial charge on any atom is 0.215 e. The Kier molecular flexibility index (Phi) is 3.01. The van der Waals surface area contributed by atoms with Crippen LogP contribution >= 0.6 is 27.7 Å². The number of halogens is 1. The highest BCUT2D eigenvalue weighted by Gasteiger charge is 2.10. The van der Waals surface area contributed by atoms with Crippen molar-refractivity contribution in [2.45, 2.75) is 17.1 Å². The minimum atomic E-state index is 0.716. The smallest absolute Gasteiger partial charge is 0.215 e. The fourth-order valence-corrected chi connectivity index (χ4v) is 2.24. The Morgan fingerprint density at radius 2 is 2.27 bits per heavy atom. The van der Waals surface area contributed by atoms with Crippen molar-refractivity contribution in [3.63, 3.8) is 0 Å². The zero-order valence-corrected chi connectivity index (χ0v) is 10.6. The lowest BCUT2D eigenvalue weighted by Crippen LogP contribution is -1.94. The molecule has 15 heavy (non-hydrogen) atoms. The second kappa shape index (κ2) is 4.28. The summed E-state index contributed by atoms with van der Waals surface area (Å²) in [6.45, 7) is 2.02. The molecule has 2 aromatic heterocycles. The van der Waals surface area contributed by atoms with E-state index in [-0.39, 0.29) is 0 Å². The maximum atomic E-state index is 4.26. The summed E-state index contributed by atoms with van der Waals surface area (Å²) in [5, 5.41) is 12.8. The molecule has 78 valence electrons. The Morgan fingerprint density at radius 3 is 2.93 bits per heavy atom. The van der Waals surface area contributed by atoms with Crippen molar-refractivity contribution < 1.29 is 0 Å². The van der Waals surface area contributed by atoms with E-state index in [0.29, 0.717) is 5.16 Å². The van der Waals surface area contributed by atoms with Gasteiger partial charge in [-0.05, 0) is 56.7 Å². The summed E-state index contributed by atoms with van der Waals surface area (Å²) in [6, 6.07) is 1.95. The van der Waals surface area contributed by atoms with E-state index in [2.05, 4.69) is 36.4 Å². The molecule has 0 saturated heterocycles. The summed E-state index contributed by atoms with van der Waals surface area (Å²) < 4.78 is 2.60. The van der Waals surface area contributed by atoms with E-state index in [9.17, 15) is 0 Å². The van der Waals surface area contributed by atoms with Crippen LogP contribution in [0.4, 0.5) is 0 Å². The molecule has 0 amide bonds. The van der Waals surface area contributed by atoms with Gasteiger partial charge < -0.3 is 0 Å². The van der Waals surface area contributed by atoms with Gasteiger partial charge in [0.15, 0.2) is 0 Å².